The Bertz CT molecular complexity index is 1120. The maximum absolute atomic E-state index is 5.68. The molecular formula is C24H26N4OS2. The molecule has 1 unspecified atom stereocenters. The van der Waals surface area contributed by atoms with E-state index in [9.17, 15) is 0 Å². The number of fused-ring (bicyclic) bond motifs is 1. The van der Waals surface area contributed by atoms with Crippen molar-refractivity contribution < 1.29 is 4.74 Å². The maximum Gasteiger partial charge on any atom is 0.187 e. The van der Waals surface area contributed by atoms with Crippen LogP contribution in [-0.2, 0) is 6.42 Å². The minimum absolute atomic E-state index is 0.267. The summed E-state index contributed by atoms with van der Waals surface area (Å²) in [5.74, 6) is 1.20. The van der Waals surface area contributed by atoms with Gasteiger partial charge in [-0.15, -0.1) is 11.3 Å². The lowest BCUT2D eigenvalue weighted by atomic mass is 9.85. The van der Waals surface area contributed by atoms with Crippen LogP contribution in [0.3, 0.4) is 0 Å². The Morgan fingerprint density at radius 2 is 2.00 bits per heavy atom. The van der Waals surface area contributed by atoms with E-state index >= 15 is 0 Å². The van der Waals surface area contributed by atoms with Gasteiger partial charge in [0.15, 0.2) is 5.13 Å². The molecule has 5 rings (SSSR count). The molecule has 2 heterocycles. The van der Waals surface area contributed by atoms with Gasteiger partial charge in [-0.05, 0) is 62.8 Å². The first-order valence-electron chi connectivity index (χ1n) is 10.6. The van der Waals surface area contributed by atoms with Gasteiger partial charge in [0.2, 0.25) is 0 Å². The van der Waals surface area contributed by atoms with Gasteiger partial charge >= 0.3 is 0 Å². The number of hydrogen-bond donors (Lipinski definition) is 2. The van der Waals surface area contributed by atoms with Crippen LogP contribution in [-0.4, -0.2) is 22.8 Å². The van der Waals surface area contributed by atoms with Crippen molar-refractivity contribution in [3.63, 3.8) is 0 Å². The molecule has 7 heteroatoms. The lowest BCUT2D eigenvalue weighted by Crippen LogP contribution is -2.27. The van der Waals surface area contributed by atoms with Crippen molar-refractivity contribution in [2.45, 2.75) is 44.7 Å². The fraction of sp³-hybridized carbons (Fsp3) is 0.333. The van der Waals surface area contributed by atoms with Gasteiger partial charge in [-0.3, -0.25) is 4.99 Å². The molecule has 0 saturated heterocycles. The average molecular weight is 451 g/mol. The number of aliphatic imine (C=N–C) groups is 1. The molecule has 2 aliphatic rings. The number of nitrogens with zero attached hydrogens (tertiary/aromatic N) is 2. The summed E-state index contributed by atoms with van der Waals surface area (Å²) in [6, 6.07) is 16.9. The van der Waals surface area contributed by atoms with E-state index in [0.717, 1.165) is 40.0 Å². The maximum atomic E-state index is 5.68. The van der Waals surface area contributed by atoms with Crippen LogP contribution in [0.25, 0.3) is 0 Å². The number of aromatic nitrogens is 1. The summed E-state index contributed by atoms with van der Waals surface area (Å²) in [7, 11) is 1.70. The second kappa shape index (κ2) is 8.30. The van der Waals surface area contributed by atoms with E-state index < -0.39 is 0 Å². The highest BCUT2D eigenvalue weighted by Crippen LogP contribution is 2.41. The zero-order chi connectivity index (χ0) is 21.4. The van der Waals surface area contributed by atoms with Crippen molar-refractivity contribution in [2.75, 3.05) is 12.4 Å². The number of ether oxygens (including phenoxy) is 1. The van der Waals surface area contributed by atoms with Crippen LogP contribution in [0.5, 0.6) is 5.75 Å². The van der Waals surface area contributed by atoms with Gasteiger partial charge in [0.1, 0.15) is 16.5 Å². The van der Waals surface area contributed by atoms with E-state index in [1.807, 2.05) is 6.07 Å². The summed E-state index contributed by atoms with van der Waals surface area (Å²) in [5, 5.41) is 5.40. The van der Waals surface area contributed by atoms with Crippen LogP contribution in [0.4, 0.5) is 10.8 Å². The Morgan fingerprint density at radius 1 is 1.16 bits per heavy atom. The van der Waals surface area contributed by atoms with Crippen molar-refractivity contribution in [3.8, 4) is 5.75 Å². The summed E-state index contributed by atoms with van der Waals surface area (Å²) in [5.41, 5.74) is 4.30. The number of anilines is 2. The summed E-state index contributed by atoms with van der Waals surface area (Å²) < 4.78 is 9.01. The third-order valence-electron chi connectivity index (χ3n) is 5.62. The van der Waals surface area contributed by atoms with Crippen LogP contribution in [0, 0.1) is 0 Å². The second-order valence-electron chi connectivity index (χ2n) is 8.40. The predicted molar refractivity (Wildman–Crippen MR) is 131 cm³/mol. The van der Waals surface area contributed by atoms with E-state index in [1.165, 1.54) is 22.6 Å². The van der Waals surface area contributed by atoms with Crippen molar-refractivity contribution in [1.82, 2.24) is 9.71 Å². The summed E-state index contributed by atoms with van der Waals surface area (Å²) in [6.45, 7) is 4.12. The first-order valence-corrected chi connectivity index (χ1v) is 12.2. The highest BCUT2D eigenvalue weighted by atomic mass is 32.2. The standard InChI is InChI=1S/C24H26N4OS2/c1-24(2)27-22(31-28-24)18-13-12-16(14-19(18)29-3)25-23-26-21-17(10-7-11-20(21)30-23)15-8-5-4-6-9-15/h4-6,8-9,12-14,17,28H,7,10-11H2,1-3H3,(H,25,26). The molecule has 5 nitrogen and oxygen atoms in total. The number of rotatable bonds is 5. The second-order valence-corrected chi connectivity index (χ2v) is 10.3. The van der Waals surface area contributed by atoms with Gasteiger partial charge in [-0.2, -0.15) is 0 Å². The van der Waals surface area contributed by atoms with Crippen LogP contribution >= 0.6 is 23.3 Å². The van der Waals surface area contributed by atoms with Gasteiger partial charge in [-0.25, -0.2) is 9.71 Å². The normalized spacial score (nSPS) is 19.6. The predicted octanol–water partition coefficient (Wildman–Crippen LogP) is 6.10. The minimum Gasteiger partial charge on any atom is -0.496 e. The van der Waals surface area contributed by atoms with Gasteiger partial charge in [-0.1, -0.05) is 30.3 Å². The first-order chi connectivity index (χ1) is 15.0. The topological polar surface area (TPSA) is 58.5 Å². The van der Waals surface area contributed by atoms with Crippen molar-refractivity contribution in [1.29, 1.82) is 0 Å². The van der Waals surface area contributed by atoms with Gasteiger partial charge in [0, 0.05) is 28.1 Å². The molecule has 0 saturated carbocycles. The lowest BCUT2D eigenvalue weighted by molar-refractivity contribution is 0.414. The summed E-state index contributed by atoms with van der Waals surface area (Å²) >= 11 is 3.32. The number of aryl methyl sites for hydroxylation is 1. The number of nitrogens with one attached hydrogen (secondary N) is 2. The minimum atomic E-state index is -0.267. The zero-order valence-electron chi connectivity index (χ0n) is 17.9. The SMILES string of the molecule is COc1cc(Nc2nc3c(s2)CCCC3c2ccccc2)ccc1C1=NC(C)(C)NS1. The molecule has 0 amide bonds. The molecule has 0 fully saturated rings. The van der Waals surface area contributed by atoms with Crippen molar-refractivity contribution in [3.05, 3.63) is 70.2 Å². The Labute approximate surface area is 191 Å². The van der Waals surface area contributed by atoms with Crippen LogP contribution in [0.2, 0.25) is 0 Å². The van der Waals surface area contributed by atoms with Gasteiger partial charge < -0.3 is 10.1 Å². The molecule has 0 bridgehead atoms. The third kappa shape index (κ3) is 4.22. The highest BCUT2D eigenvalue weighted by molar-refractivity contribution is 8.13. The number of methoxy groups -OCH3 is 1. The quantitative estimate of drug-likeness (QED) is 0.460. The van der Waals surface area contributed by atoms with Crippen LogP contribution in [0.15, 0.2) is 53.5 Å². The molecule has 3 aromatic rings. The molecule has 160 valence electrons. The lowest BCUT2D eigenvalue weighted by Gasteiger charge is -2.21. The van der Waals surface area contributed by atoms with E-state index in [4.69, 9.17) is 14.7 Å². The number of thiazole rings is 1. The van der Waals surface area contributed by atoms with Crippen molar-refractivity contribution >= 4 is 39.1 Å². The molecule has 1 aliphatic heterocycles. The fourth-order valence-electron chi connectivity index (χ4n) is 4.14. The average Bonchev–Trinajstić information content (AvgIpc) is 3.36. The number of hydrogen-bond acceptors (Lipinski definition) is 7. The highest BCUT2D eigenvalue weighted by Gasteiger charge is 2.28. The summed E-state index contributed by atoms with van der Waals surface area (Å²) in [6.07, 6.45) is 3.48. The smallest absolute Gasteiger partial charge is 0.187 e. The Morgan fingerprint density at radius 3 is 2.74 bits per heavy atom. The molecule has 1 aliphatic carbocycles. The van der Waals surface area contributed by atoms with Crippen LogP contribution < -0.4 is 14.8 Å². The van der Waals surface area contributed by atoms with Crippen molar-refractivity contribution in [2.24, 2.45) is 4.99 Å². The van der Waals surface area contributed by atoms with E-state index in [1.54, 1.807) is 30.4 Å². The Kier molecular flexibility index (Phi) is 5.50. The zero-order valence-corrected chi connectivity index (χ0v) is 19.6. The van der Waals surface area contributed by atoms with Crippen LogP contribution in [0.1, 0.15) is 54.3 Å². The first kappa shape index (κ1) is 20.5. The molecule has 1 aromatic heterocycles. The van der Waals surface area contributed by atoms with Gasteiger partial charge in [0.05, 0.1) is 12.8 Å². The van der Waals surface area contributed by atoms with E-state index in [2.05, 4.69) is 66.4 Å². The molecular weight excluding hydrogens is 424 g/mol. The van der Waals surface area contributed by atoms with E-state index in [-0.39, 0.29) is 5.66 Å². The molecule has 1 atom stereocenters. The monoisotopic (exact) mass is 450 g/mol. The summed E-state index contributed by atoms with van der Waals surface area (Å²) in [4.78, 5) is 11.2. The molecule has 0 spiro atoms. The van der Waals surface area contributed by atoms with Gasteiger partial charge in [0.25, 0.3) is 0 Å². The van der Waals surface area contributed by atoms with E-state index in [0.29, 0.717) is 5.92 Å². The Hall–Kier alpha value is -2.35. The Balaban J connectivity index is 1.40. The largest absolute Gasteiger partial charge is 0.496 e. The molecule has 2 N–H and O–H groups in total. The number of benzene rings is 2. The fourth-order valence-corrected chi connectivity index (χ4v) is 6.17. The molecule has 0 radical (unpaired) electrons. The third-order valence-corrected chi connectivity index (χ3v) is 7.77. The molecule has 31 heavy (non-hydrogen) atoms. The molecule has 2 aromatic carbocycles.